The Kier molecular flexibility index (Phi) is 1.19. The van der Waals surface area contributed by atoms with Crippen molar-refractivity contribution in [2.45, 2.75) is 25.7 Å². The quantitative estimate of drug-likeness (QED) is 0.583. The molecule has 0 unspecified atom stereocenters. The first-order chi connectivity index (χ1) is 4.86. The number of hydrogen-bond acceptors (Lipinski definition) is 2. The lowest BCUT2D eigenvalue weighted by Crippen LogP contribution is -1.89. The van der Waals surface area contributed by atoms with E-state index in [2.05, 4.69) is 23.2 Å². The van der Waals surface area contributed by atoms with Crippen molar-refractivity contribution in [3.8, 4) is 0 Å². The fourth-order valence-electron chi connectivity index (χ4n) is 1.06. The predicted octanol–water partition coefficient (Wildman–Crippen LogP) is 1.66. The molecule has 0 atom stereocenters. The van der Waals surface area contributed by atoms with Gasteiger partial charge in [0.2, 0.25) is 0 Å². The van der Waals surface area contributed by atoms with E-state index in [9.17, 15) is 0 Å². The highest BCUT2D eigenvalue weighted by atomic mass is 15.1. The first kappa shape index (κ1) is 5.83. The van der Waals surface area contributed by atoms with Gasteiger partial charge < -0.3 is 0 Å². The molecule has 2 nitrogen and oxygen atoms in total. The van der Waals surface area contributed by atoms with Gasteiger partial charge in [0.15, 0.2) is 0 Å². The molecule has 1 aliphatic rings. The van der Waals surface area contributed by atoms with Crippen molar-refractivity contribution in [1.29, 1.82) is 0 Å². The molecule has 0 saturated heterocycles. The van der Waals surface area contributed by atoms with E-state index in [1.807, 2.05) is 0 Å². The first-order valence-corrected chi connectivity index (χ1v) is 3.65. The summed E-state index contributed by atoms with van der Waals surface area (Å²) >= 11 is 0. The van der Waals surface area contributed by atoms with Crippen LogP contribution in [0, 0.1) is 6.92 Å². The second-order valence-electron chi connectivity index (χ2n) is 2.93. The van der Waals surface area contributed by atoms with E-state index in [1.54, 1.807) is 6.20 Å². The highest BCUT2D eigenvalue weighted by Crippen LogP contribution is 2.38. The Morgan fingerprint density at radius 1 is 1.50 bits per heavy atom. The van der Waals surface area contributed by atoms with Crippen LogP contribution < -0.4 is 0 Å². The van der Waals surface area contributed by atoms with E-state index in [-0.39, 0.29) is 0 Å². The number of hydrogen-bond donors (Lipinski definition) is 0. The molecule has 0 aliphatic heterocycles. The topological polar surface area (TPSA) is 25.8 Å². The molecule has 1 saturated carbocycles. The predicted molar refractivity (Wildman–Crippen MR) is 38.7 cm³/mol. The molecule has 0 N–H and O–H groups in total. The lowest BCUT2D eigenvalue weighted by molar-refractivity contribution is 0.900. The minimum absolute atomic E-state index is 0.729. The van der Waals surface area contributed by atoms with Crippen LogP contribution in [-0.4, -0.2) is 10.2 Å². The van der Waals surface area contributed by atoms with Gasteiger partial charge >= 0.3 is 0 Å². The third-order valence-electron chi connectivity index (χ3n) is 1.81. The molecule has 0 bridgehead atoms. The minimum Gasteiger partial charge on any atom is -0.159 e. The lowest BCUT2D eigenvalue weighted by Gasteiger charge is -1.94. The van der Waals surface area contributed by atoms with Crippen LogP contribution in [0.3, 0.4) is 0 Å². The van der Waals surface area contributed by atoms with Gasteiger partial charge in [0.25, 0.3) is 0 Å². The zero-order chi connectivity index (χ0) is 6.97. The van der Waals surface area contributed by atoms with Crippen molar-refractivity contribution < 1.29 is 0 Å². The van der Waals surface area contributed by atoms with Gasteiger partial charge in [-0.25, -0.2) is 0 Å². The van der Waals surface area contributed by atoms with Gasteiger partial charge in [-0.05, 0) is 31.4 Å². The molecule has 1 fully saturated rings. The summed E-state index contributed by atoms with van der Waals surface area (Å²) in [6, 6.07) is 2.13. The zero-order valence-electron chi connectivity index (χ0n) is 6.04. The molecule has 0 radical (unpaired) electrons. The summed E-state index contributed by atoms with van der Waals surface area (Å²) in [6.07, 6.45) is 4.40. The van der Waals surface area contributed by atoms with Crippen LogP contribution in [0.15, 0.2) is 12.3 Å². The first-order valence-electron chi connectivity index (χ1n) is 3.65. The number of aromatic nitrogens is 2. The average molecular weight is 134 g/mol. The van der Waals surface area contributed by atoms with Gasteiger partial charge in [0.1, 0.15) is 0 Å². The van der Waals surface area contributed by atoms with Gasteiger partial charge in [-0.1, -0.05) is 0 Å². The largest absolute Gasteiger partial charge is 0.159 e. The molecular formula is C8H10N2. The fourth-order valence-corrected chi connectivity index (χ4v) is 1.06. The van der Waals surface area contributed by atoms with Crippen molar-refractivity contribution in [3.63, 3.8) is 0 Å². The Morgan fingerprint density at radius 2 is 2.30 bits per heavy atom. The molecule has 1 heterocycles. The smallest absolute Gasteiger partial charge is 0.0664 e. The monoisotopic (exact) mass is 134 g/mol. The van der Waals surface area contributed by atoms with Crippen LogP contribution in [0.2, 0.25) is 0 Å². The van der Waals surface area contributed by atoms with E-state index < -0.39 is 0 Å². The SMILES string of the molecule is Cc1cnnc(C2CC2)c1. The van der Waals surface area contributed by atoms with Crippen molar-refractivity contribution in [2.75, 3.05) is 0 Å². The fraction of sp³-hybridized carbons (Fsp3) is 0.500. The van der Waals surface area contributed by atoms with Gasteiger partial charge in [-0.15, -0.1) is 0 Å². The van der Waals surface area contributed by atoms with Crippen LogP contribution in [0.1, 0.15) is 30.0 Å². The lowest BCUT2D eigenvalue weighted by atomic mass is 10.2. The van der Waals surface area contributed by atoms with Crippen LogP contribution >= 0.6 is 0 Å². The standard InChI is InChI=1S/C8H10N2/c1-6-4-8(7-2-3-7)10-9-5-6/h4-5,7H,2-3H2,1H3. The summed E-state index contributed by atoms with van der Waals surface area (Å²) in [7, 11) is 0. The second kappa shape index (κ2) is 2.04. The van der Waals surface area contributed by atoms with Gasteiger partial charge in [0, 0.05) is 5.92 Å². The number of nitrogens with zero attached hydrogens (tertiary/aromatic N) is 2. The summed E-state index contributed by atoms with van der Waals surface area (Å²) in [5.41, 5.74) is 2.40. The van der Waals surface area contributed by atoms with Gasteiger partial charge in [-0.3, -0.25) is 0 Å². The maximum absolute atomic E-state index is 4.05. The van der Waals surface area contributed by atoms with Crippen LogP contribution in [-0.2, 0) is 0 Å². The molecule has 1 aromatic rings. The molecule has 1 aliphatic carbocycles. The Labute approximate surface area is 60.3 Å². The molecule has 10 heavy (non-hydrogen) atoms. The maximum atomic E-state index is 4.05. The highest BCUT2D eigenvalue weighted by Gasteiger charge is 2.24. The summed E-state index contributed by atoms with van der Waals surface area (Å²) < 4.78 is 0. The normalized spacial score (nSPS) is 17.3. The Morgan fingerprint density at radius 3 is 2.90 bits per heavy atom. The second-order valence-corrected chi connectivity index (χ2v) is 2.93. The summed E-state index contributed by atoms with van der Waals surface area (Å²) in [6.45, 7) is 2.06. The van der Waals surface area contributed by atoms with Gasteiger partial charge in [-0.2, -0.15) is 10.2 Å². The van der Waals surface area contributed by atoms with E-state index in [0.29, 0.717) is 0 Å². The Balaban J connectivity index is 2.32. The Hall–Kier alpha value is -0.920. The van der Waals surface area contributed by atoms with E-state index >= 15 is 0 Å². The van der Waals surface area contributed by atoms with Crippen molar-refractivity contribution in [1.82, 2.24) is 10.2 Å². The number of aryl methyl sites for hydroxylation is 1. The van der Waals surface area contributed by atoms with Crippen molar-refractivity contribution in [2.24, 2.45) is 0 Å². The van der Waals surface area contributed by atoms with Crippen LogP contribution in [0.25, 0.3) is 0 Å². The highest BCUT2D eigenvalue weighted by molar-refractivity contribution is 5.17. The molecule has 0 amide bonds. The molecular weight excluding hydrogens is 124 g/mol. The molecule has 1 aromatic heterocycles. The zero-order valence-corrected chi connectivity index (χ0v) is 6.04. The molecule has 2 rings (SSSR count). The van der Waals surface area contributed by atoms with Crippen LogP contribution in [0.5, 0.6) is 0 Å². The average Bonchev–Trinajstić information content (AvgIpc) is 2.68. The molecule has 0 aromatic carbocycles. The molecule has 0 spiro atoms. The molecule has 2 heteroatoms. The van der Waals surface area contributed by atoms with E-state index in [1.165, 1.54) is 24.1 Å². The van der Waals surface area contributed by atoms with Crippen LogP contribution in [0.4, 0.5) is 0 Å². The summed E-state index contributed by atoms with van der Waals surface area (Å²) in [5.74, 6) is 0.729. The summed E-state index contributed by atoms with van der Waals surface area (Å²) in [4.78, 5) is 0. The van der Waals surface area contributed by atoms with Crippen molar-refractivity contribution >= 4 is 0 Å². The Bertz CT molecular complexity index is 241. The van der Waals surface area contributed by atoms with E-state index in [4.69, 9.17) is 0 Å². The third-order valence-corrected chi connectivity index (χ3v) is 1.81. The maximum Gasteiger partial charge on any atom is 0.0664 e. The number of rotatable bonds is 1. The van der Waals surface area contributed by atoms with Gasteiger partial charge in [0.05, 0.1) is 11.9 Å². The summed E-state index contributed by atoms with van der Waals surface area (Å²) in [5, 5.41) is 7.95. The molecule has 52 valence electrons. The third kappa shape index (κ3) is 1.01. The minimum atomic E-state index is 0.729. The van der Waals surface area contributed by atoms with E-state index in [0.717, 1.165) is 5.92 Å². The van der Waals surface area contributed by atoms with Crippen molar-refractivity contribution in [3.05, 3.63) is 23.5 Å².